The van der Waals surface area contributed by atoms with Gasteiger partial charge in [0.1, 0.15) is 6.04 Å². The molecule has 1 aliphatic rings. The number of nitrogens with zero attached hydrogens (tertiary/aromatic N) is 1. The predicted molar refractivity (Wildman–Crippen MR) is 124 cm³/mol. The Morgan fingerprint density at radius 2 is 1.42 bits per heavy atom. The molecule has 2 aromatic carbocycles. The van der Waals surface area contributed by atoms with Gasteiger partial charge in [-0.05, 0) is 49.7 Å². The normalized spacial score (nSPS) is 20.0. The van der Waals surface area contributed by atoms with E-state index in [4.69, 9.17) is 0 Å². The van der Waals surface area contributed by atoms with Gasteiger partial charge in [0.2, 0.25) is 10.0 Å². The fourth-order valence-electron chi connectivity index (χ4n) is 3.26. The number of aryl methyl sites for hydroxylation is 1. The van der Waals surface area contributed by atoms with Gasteiger partial charge in [0.05, 0.1) is 14.7 Å². The highest BCUT2D eigenvalue weighted by Gasteiger charge is 2.43. The fraction of sp³-hybridized carbons (Fsp3) is 0.316. The number of benzene rings is 2. The van der Waals surface area contributed by atoms with Crippen LogP contribution in [0.2, 0.25) is 0 Å². The second-order valence-electron chi connectivity index (χ2n) is 7.63. The SMILES string of the molecule is Cc1ccc(S(=O)(=O)NNC(=O)[C@@H]2C[C@@H](S)CN2S(=O)(=O)c2ccc(S(C)(=O)=O)cc2)cc1. The number of hydrogen-bond donors (Lipinski definition) is 3. The third-order valence-corrected chi connectivity index (χ3v) is 9.69. The summed E-state index contributed by atoms with van der Waals surface area (Å²) in [7, 11) is -11.8. The van der Waals surface area contributed by atoms with E-state index in [0.717, 1.165) is 28.3 Å². The Kier molecular flexibility index (Phi) is 7.27. The number of rotatable bonds is 7. The number of sulfonamides is 2. The molecule has 2 aromatic rings. The van der Waals surface area contributed by atoms with Crippen LogP contribution >= 0.6 is 12.6 Å². The Morgan fingerprint density at radius 3 is 1.97 bits per heavy atom. The number of sulfone groups is 1. The van der Waals surface area contributed by atoms with Crippen LogP contribution in [-0.2, 0) is 34.7 Å². The van der Waals surface area contributed by atoms with Crippen molar-refractivity contribution in [3.63, 3.8) is 0 Å². The molecule has 0 radical (unpaired) electrons. The average molecular weight is 534 g/mol. The van der Waals surface area contributed by atoms with Gasteiger partial charge < -0.3 is 0 Å². The predicted octanol–water partition coefficient (Wildman–Crippen LogP) is 0.470. The number of hydrogen-bond acceptors (Lipinski definition) is 8. The lowest BCUT2D eigenvalue weighted by Gasteiger charge is -2.23. The Morgan fingerprint density at radius 1 is 0.909 bits per heavy atom. The molecule has 10 nitrogen and oxygen atoms in total. The monoisotopic (exact) mass is 533 g/mol. The summed E-state index contributed by atoms with van der Waals surface area (Å²) >= 11 is 4.29. The first kappa shape index (κ1) is 25.6. The van der Waals surface area contributed by atoms with Gasteiger partial charge in [0.25, 0.3) is 15.9 Å². The minimum atomic E-state index is -4.19. The minimum absolute atomic E-state index is 0.0465. The molecular weight excluding hydrogens is 510 g/mol. The molecule has 3 rings (SSSR count). The van der Waals surface area contributed by atoms with Gasteiger partial charge in [-0.15, -0.1) is 4.83 Å². The Balaban J connectivity index is 1.79. The van der Waals surface area contributed by atoms with Gasteiger partial charge in [-0.25, -0.2) is 25.3 Å². The van der Waals surface area contributed by atoms with Crippen molar-refractivity contribution in [1.82, 2.24) is 14.6 Å². The Labute approximate surface area is 198 Å². The molecule has 2 N–H and O–H groups in total. The van der Waals surface area contributed by atoms with E-state index in [1.807, 2.05) is 4.83 Å². The third-order valence-electron chi connectivity index (χ3n) is 5.03. The van der Waals surface area contributed by atoms with Gasteiger partial charge in [0.15, 0.2) is 9.84 Å². The molecule has 2 atom stereocenters. The standard InChI is InChI=1S/C19H23N3O7S4/c1-13-3-5-16(6-4-13)32(26,27)21-20-19(23)18-11-14(30)12-22(18)33(28,29)17-9-7-15(8-10-17)31(2,24)25/h3-10,14,18,21,30H,11-12H2,1-2H3,(H,20,23)/t14-,18+/m1/s1. The van der Waals surface area contributed by atoms with Crippen molar-refractivity contribution >= 4 is 48.4 Å². The van der Waals surface area contributed by atoms with Crippen molar-refractivity contribution < 1.29 is 30.0 Å². The number of carbonyl (C=O) groups is 1. The van der Waals surface area contributed by atoms with E-state index in [-0.39, 0.29) is 27.7 Å². The van der Waals surface area contributed by atoms with Crippen LogP contribution in [0.1, 0.15) is 12.0 Å². The quantitative estimate of drug-likeness (QED) is 0.346. The van der Waals surface area contributed by atoms with Crippen molar-refractivity contribution in [2.24, 2.45) is 0 Å². The number of thiol groups is 1. The Hall–Kier alpha value is -1.97. The first-order valence-electron chi connectivity index (χ1n) is 9.60. The van der Waals surface area contributed by atoms with E-state index in [2.05, 4.69) is 18.1 Å². The molecule has 1 fully saturated rings. The summed E-state index contributed by atoms with van der Waals surface area (Å²) in [4.78, 5) is 14.4. The van der Waals surface area contributed by atoms with Crippen molar-refractivity contribution in [1.29, 1.82) is 0 Å². The minimum Gasteiger partial charge on any atom is -0.276 e. The summed E-state index contributed by atoms with van der Waals surface area (Å²) in [5, 5.41) is -0.459. The fourth-order valence-corrected chi connectivity index (χ4v) is 6.87. The first-order valence-corrected chi connectivity index (χ1v) is 14.9. The van der Waals surface area contributed by atoms with E-state index in [1.165, 1.54) is 24.3 Å². The number of hydrazine groups is 1. The van der Waals surface area contributed by atoms with Crippen LogP contribution in [0.25, 0.3) is 0 Å². The van der Waals surface area contributed by atoms with Gasteiger partial charge >= 0.3 is 0 Å². The molecule has 14 heteroatoms. The van der Waals surface area contributed by atoms with Crippen LogP contribution in [0.15, 0.2) is 63.2 Å². The Bertz CT molecular complexity index is 1360. The topological polar surface area (TPSA) is 147 Å². The maximum absolute atomic E-state index is 13.1. The third kappa shape index (κ3) is 5.75. The molecule has 0 aliphatic carbocycles. The van der Waals surface area contributed by atoms with Gasteiger partial charge in [-0.1, -0.05) is 17.7 Å². The molecule has 0 bridgehead atoms. The maximum atomic E-state index is 13.1. The number of amides is 1. The van der Waals surface area contributed by atoms with Gasteiger partial charge in [-0.2, -0.15) is 16.9 Å². The lowest BCUT2D eigenvalue weighted by atomic mass is 10.2. The maximum Gasteiger partial charge on any atom is 0.257 e. The number of carbonyl (C=O) groups excluding carboxylic acids is 1. The smallest absolute Gasteiger partial charge is 0.257 e. The van der Waals surface area contributed by atoms with E-state index in [1.54, 1.807) is 19.1 Å². The van der Waals surface area contributed by atoms with Crippen LogP contribution in [0, 0.1) is 6.92 Å². The van der Waals surface area contributed by atoms with Crippen molar-refractivity contribution in [3.8, 4) is 0 Å². The van der Waals surface area contributed by atoms with Gasteiger partial charge in [-0.3, -0.25) is 10.2 Å². The van der Waals surface area contributed by atoms with Crippen molar-refractivity contribution in [2.45, 2.75) is 39.3 Å². The molecule has 0 unspecified atom stereocenters. The largest absolute Gasteiger partial charge is 0.276 e. The lowest BCUT2D eigenvalue weighted by molar-refractivity contribution is -0.124. The zero-order valence-electron chi connectivity index (χ0n) is 17.7. The van der Waals surface area contributed by atoms with Crippen LogP contribution in [0.3, 0.4) is 0 Å². The molecule has 0 aromatic heterocycles. The summed E-state index contributed by atoms with van der Waals surface area (Å²) in [5.41, 5.74) is 2.94. The zero-order valence-corrected chi connectivity index (χ0v) is 21.0. The zero-order chi connectivity index (χ0) is 24.6. The molecular formula is C19H23N3O7S4. The molecule has 1 heterocycles. The highest BCUT2D eigenvalue weighted by Crippen LogP contribution is 2.29. The van der Waals surface area contributed by atoms with Crippen LogP contribution in [0.4, 0.5) is 0 Å². The van der Waals surface area contributed by atoms with E-state index >= 15 is 0 Å². The summed E-state index contributed by atoms with van der Waals surface area (Å²) in [6.45, 7) is 1.71. The molecule has 1 amide bonds. The van der Waals surface area contributed by atoms with E-state index in [9.17, 15) is 30.0 Å². The summed E-state index contributed by atoms with van der Waals surface area (Å²) in [6.07, 6.45) is 1.06. The number of nitrogens with one attached hydrogen (secondary N) is 2. The summed E-state index contributed by atoms with van der Waals surface area (Å²) in [6, 6.07) is 9.36. The van der Waals surface area contributed by atoms with Crippen molar-refractivity contribution in [2.75, 3.05) is 12.8 Å². The molecule has 0 spiro atoms. The van der Waals surface area contributed by atoms with E-state index in [0.29, 0.717) is 0 Å². The second kappa shape index (κ2) is 9.35. The lowest BCUT2D eigenvalue weighted by Crippen LogP contribution is -2.51. The molecule has 33 heavy (non-hydrogen) atoms. The van der Waals surface area contributed by atoms with Gasteiger partial charge in [0, 0.05) is 18.1 Å². The molecule has 0 saturated carbocycles. The molecule has 1 saturated heterocycles. The van der Waals surface area contributed by atoms with Crippen LogP contribution in [-0.4, -0.2) is 59.6 Å². The van der Waals surface area contributed by atoms with Crippen LogP contribution < -0.4 is 10.3 Å². The van der Waals surface area contributed by atoms with Crippen molar-refractivity contribution in [3.05, 3.63) is 54.1 Å². The second-order valence-corrected chi connectivity index (χ2v) is 14.0. The summed E-state index contributed by atoms with van der Waals surface area (Å²) < 4.78 is 75.3. The van der Waals surface area contributed by atoms with Crippen LogP contribution in [0.5, 0.6) is 0 Å². The highest BCUT2D eigenvalue weighted by atomic mass is 32.2. The average Bonchev–Trinajstić information content (AvgIpc) is 3.14. The molecule has 1 aliphatic heterocycles. The highest BCUT2D eigenvalue weighted by molar-refractivity contribution is 7.91. The first-order chi connectivity index (χ1) is 15.2. The molecule has 180 valence electrons. The van der Waals surface area contributed by atoms with E-state index < -0.39 is 47.1 Å². The summed E-state index contributed by atoms with van der Waals surface area (Å²) in [5.74, 6) is -0.862.